The summed E-state index contributed by atoms with van der Waals surface area (Å²) in [7, 11) is 0. The number of carboxylic acid groups (broad SMARTS) is 2. The van der Waals surface area contributed by atoms with Crippen molar-refractivity contribution in [2.45, 2.75) is 18.2 Å². The maximum Gasteiger partial charge on any atom is 0.337 e. The largest absolute Gasteiger partial charge is 0.481 e. The van der Waals surface area contributed by atoms with Crippen LogP contribution in [0.4, 0.5) is 0 Å². The molecule has 0 aromatic heterocycles. The first-order valence-corrected chi connectivity index (χ1v) is 5.74. The van der Waals surface area contributed by atoms with Crippen LogP contribution in [0.15, 0.2) is 23.1 Å². The Morgan fingerprint density at radius 1 is 1.31 bits per heavy atom. The molecule has 0 aliphatic heterocycles. The molecule has 5 heteroatoms. The van der Waals surface area contributed by atoms with E-state index in [4.69, 9.17) is 10.2 Å². The van der Waals surface area contributed by atoms with Gasteiger partial charge in [0, 0.05) is 4.90 Å². The van der Waals surface area contributed by atoms with Crippen LogP contribution in [0.3, 0.4) is 0 Å². The second-order valence-corrected chi connectivity index (χ2v) is 4.40. The molecule has 0 saturated heterocycles. The molecule has 0 radical (unpaired) electrons. The van der Waals surface area contributed by atoms with Crippen LogP contribution >= 0.6 is 11.8 Å². The van der Waals surface area contributed by atoms with Crippen molar-refractivity contribution in [3.8, 4) is 0 Å². The van der Waals surface area contributed by atoms with Crippen LogP contribution in [-0.2, 0) is 11.2 Å². The summed E-state index contributed by atoms with van der Waals surface area (Å²) in [6.07, 6.45) is -0.264. The van der Waals surface area contributed by atoms with E-state index in [1.54, 1.807) is 12.1 Å². The summed E-state index contributed by atoms with van der Waals surface area (Å²) in [6.45, 7) is 1.92. The van der Waals surface area contributed by atoms with Gasteiger partial charge in [0.25, 0.3) is 0 Å². The first-order chi connectivity index (χ1) is 7.56. The Labute approximate surface area is 97.3 Å². The van der Waals surface area contributed by atoms with Gasteiger partial charge >= 0.3 is 11.9 Å². The minimum Gasteiger partial charge on any atom is -0.481 e. The predicted molar refractivity (Wildman–Crippen MR) is 61.1 cm³/mol. The zero-order valence-electron chi connectivity index (χ0n) is 8.77. The maximum atomic E-state index is 11.1. The van der Waals surface area contributed by atoms with Crippen molar-refractivity contribution >= 4 is 23.7 Å². The fraction of sp³-hybridized carbons (Fsp3) is 0.273. The Kier molecular flexibility index (Phi) is 4.37. The fourth-order valence-electron chi connectivity index (χ4n) is 1.41. The monoisotopic (exact) mass is 240 g/mol. The lowest BCUT2D eigenvalue weighted by Crippen LogP contribution is -2.09. The van der Waals surface area contributed by atoms with E-state index in [-0.39, 0.29) is 12.0 Å². The lowest BCUT2D eigenvalue weighted by molar-refractivity contribution is -0.136. The van der Waals surface area contributed by atoms with E-state index in [1.165, 1.54) is 17.8 Å². The maximum absolute atomic E-state index is 11.1. The van der Waals surface area contributed by atoms with Gasteiger partial charge in [-0.05, 0) is 17.4 Å². The van der Waals surface area contributed by atoms with E-state index in [0.29, 0.717) is 10.5 Å². The molecule has 0 unspecified atom stereocenters. The van der Waals surface area contributed by atoms with Crippen molar-refractivity contribution in [1.29, 1.82) is 0 Å². The topological polar surface area (TPSA) is 74.6 Å². The Bertz CT molecular complexity index is 414. The van der Waals surface area contributed by atoms with Gasteiger partial charge in [-0.25, -0.2) is 4.79 Å². The van der Waals surface area contributed by atoms with Gasteiger partial charge in [-0.2, -0.15) is 0 Å². The van der Waals surface area contributed by atoms with E-state index in [0.717, 1.165) is 5.75 Å². The third kappa shape index (κ3) is 3.00. The average molecular weight is 240 g/mol. The molecule has 0 heterocycles. The summed E-state index contributed by atoms with van der Waals surface area (Å²) >= 11 is 1.40. The molecule has 1 rings (SSSR count). The highest BCUT2D eigenvalue weighted by Crippen LogP contribution is 2.25. The number of aliphatic carboxylic acids is 1. The Morgan fingerprint density at radius 3 is 2.50 bits per heavy atom. The molecule has 0 fully saturated rings. The van der Waals surface area contributed by atoms with Crippen LogP contribution in [0.1, 0.15) is 22.8 Å². The highest BCUT2D eigenvalue weighted by Gasteiger charge is 2.16. The van der Waals surface area contributed by atoms with Crippen molar-refractivity contribution in [1.82, 2.24) is 0 Å². The second-order valence-electron chi connectivity index (χ2n) is 3.10. The molecule has 0 aliphatic carbocycles. The van der Waals surface area contributed by atoms with Crippen LogP contribution in [-0.4, -0.2) is 27.9 Å². The van der Waals surface area contributed by atoms with Crippen LogP contribution in [0.2, 0.25) is 0 Å². The summed E-state index contributed by atoms with van der Waals surface area (Å²) in [6, 6.07) is 4.92. The summed E-state index contributed by atoms with van der Waals surface area (Å²) < 4.78 is 0. The fourth-order valence-corrected chi connectivity index (χ4v) is 2.25. The van der Waals surface area contributed by atoms with Crippen LogP contribution in [0, 0.1) is 0 Å². The highest BCUT2D eigenvalue weighted by atomic mass is 32.2. The van der Waals surface area contributed by atoms with Gasteiger partial charge in [0.2, 0.25) is 0 Å². The van der Waals surface area contributed by atoms with Gasteiger partial charge < -0.3 is 10.2 Å². The lowest BCUT2D eigenvalue weighted by atomic mass is 10.0. The van der Waals surface area contributed by atoms with E-state index in [1.807, 2.05) is 6.92 Å². The molecule has 0 spiro atoms. The van der Waals surface area contributed by atoms with Crippen LogP contribution in [0.25, 0.3) is 0 Å². The molecule has 86 valence electrons. The Morgan fingerprint density at radius 2 is 2.00 bits per heavy atom. The molecular weight excluding hydrogens is 228 g/mol. The minimum atomic E-state index is -1.08. The summed E-state index contributed by atoms with van der Waals surface area (Å²) in [4.78, 5) is 22.3. The first kappa shape index (κ1) is 12.6. The number of thioether (sulfide) groups is 1. The lowest BCUT2D eigenvalue weighted by Gasteiger charge is -2.08. The molecule has 0 atom stereocenters. The molecule has 0 aliphatic rings. The first-order valence-electron chi connectivity index (χ1n) is 4.76. The molecule has 0 amide bonds. The summed E-state index contributed by atoms with van der Waals surface area (Å²) in [5, 5.41) is 17.8. The predicted octanol–water partition coefficient (Wildman–Crippen LogP) is 2.12. The number of hydrogen-bond donors (Lipinski definition) is 2. The third-order valence-electron chi connectivity index (χ3n) is 1.97. The van der Waals surface area contributed by atoms with Crippen LogP contribution < -0.4 is 0 Å². The van der Waals surface area contributed by atoms with Crippen molar-refractivity contribution in [3.63, 3.8) is 0 Å². The number of carboxylic acids is 2. The van der Waals surface area contributed by atoms with Gasteiger partial charge in [-0.15, -0.1) is 11.8 Å². The third-order valence-corrected chi connectivity index (χ3v) is 2.91. The van der Waals surface area contributed by atoms with Crippen molar-refractivity contribution in [2.75, 3.05) is 5.75 Å². The van der Waals surface area contributed by atoms with E-state index in [2.05, 4.69) is 0 Å². The van der Waals surface area contributed by atoms with Gasteiger partial charge in [-0.3, -0.25) is 4.79 Å². The normalized spacial score (nSPS) is 10.1. The quantitative estimate of drug-likeness (QED) is 0.771. The second kappa shape index (κ2) is 5.55. The SMILES string of the molecule is CCSc1cccc(CC(=O)O)c1C(=O)O. The smallest absolute Gasteiger partial charge is 0.337 e. The zero-order chi connectivity index (χ0) is 12.1. The van der Waals surface area contributed by atoms with Gasteiger partial charge in [0.15, 0.2) is 0 Å². The molecular formula is C11H12O4S. The number of aromatic carboxylic acids is 1. The van der Waals surface area contributed by atoms with Crippen molar-refractivity contribution < 1.29 is 19.8 Å². The Balaban J connectivity index is 3.21. The zero-order valence-corrected chi connectivity index (χ0v) is 9.58. The van der Waals surface area contributed by atoms with Crippen molar-refractivity contribution in [2.24, 2.45) is 0 Å². The van der Waals surface area contributed by atoms with E-state index in [9.17, 15) is 9.59 Å². The molecule has 1 aromatic rings. The molecule has 0 saturated carbocycles. The summed E-state index contributed by atoms with van der Waals surface area (Å²) in [5.41, 5.74) is 0.454. The van der Waals surface area contributed by atoms with Gasteiger partial charge in [0.1, 0.15) is 0 Å². The number of rotatable bonds is 5. The standard InChI is InChI=1S/C11H12O4S/c1-2-16-8-5-3-4-7(6-9(12)13)10(8)11(14)15/h3-5H,2,6H2,1H3,(H,12,13)(H,14,15). The van der Waals surface area contributed by atoms with Gasteiger partial charge in [0.05, 0.1) is 12.0 Å². The number of benzene rings is 1. The van der Waals surface area contributed by atoms with Crippen molar-refractivity contribution in [3.05, 3.63) is 29.3 Å². The van der Waals surface area contributed by atoms with Crippen LogP contribution in [0.5, 0.6) is 0 Å². The van der Waals surface area contributed by atoms with Gasteiger partial charge in [-0.1, -0.05) is 19.1 Å². The number of carbonyl (C=O) groups is 2. The molecule has 0 bridgehead atoms. The van der Waals surface area contributed by atoms with E-state index < -0.39 is 11.9 Å². The summed E-state index contributed by atoms with van der Waals surface area (Å²) in [5.74, 6) is -1.36. The molecule has 16 heavy (non-hydrogen) atoms. The number of hydrogen-bond acceptors (Lipinski definition) is 3. The molecule has 4 nitrogen and oxygen atoms in total. The average Bonchev–Trinajstić information content (AvgIpc) is 2.16. The van der Waals surface area contributed by atoms with E-state index >= 15 is 0 Å². The molecule has 2 N–H and O–H groups in total. The molecule has 1 aromatic carbocycles. The Hall–Kier alpha value is -1.49. The minimum absolute atomic E-state index is 0.108. The highest BCUT2D eigenvalue weighted by molar-refractivity contribution is 7.99.